The molecule has 0 aromatic rings. The zero-order valence-corrected chi connectivity index (χ0v) is 7.97. The highest BCUT2D eigenvalue weighted by Crippen LogP contribution is 2.14. The van der Waals surface area contributed by atoms with E-state index in [1.54, 1.807) is 0 Å². The van der Waals surface area contributed by atoms with Crippen LogP contribution in [0, 0.1) is 0 Å². The number of alkyl halides is 3. The van der Waals surface area contributed by atoms with Gasteiger partial charge in [-0.3, -0.25) is 9.63 Å². The van der Waals surface area contributed by atoms with Gasteiger partial charge in [-0.05, 0) is 6.42 Å². The fourth-order valence-corrected chi connectivity index (χ4v) is 0.629. The first kappa shape index (κ1) is 14.1. The number of nitrogens with two attached hydrogens (primary N) is 1. The summed E-state index contributed by atoms with van der Waals surface area (Å²) in [6, 6.07) is 0. The lowest BCUT2D eigenvalue weighted by Crippen LogP contribution is -2.26. The molecule has 0 aliphatic carbocycles. The van der Waals surface area contributed by atoms with Crippen molar-refractivity contribution in [3.63, 3.8) is 0 Å². The van der Waals surface area contributed by atoms with Gasteiger partial charge >= 0.3 is 6.18 Å². The Morgan fingerprint density at radius 2 is 2.07 bits per heavy atom. The Hall–Kier alpha value is -0.860. The second-order valence-electron chi connectivity index (χ2n) is 2.67. The van der Waals surface area contributed by atoms with Crippen LogP contribution in [0.3, 0.4) is 0 Å². The molecular formula is C7H13F3N2O3. The van der Waals surface area contributed by atoms with Crippen LogP contribution in [0.1, 0.15) is 6.42 Å². The van der Waals surface area contributed by atoms with Crippen LogP contribution in [-0.2, 0) is 14.4 Å². The number of rotatable bonds is 8. The smallest absolute Gasteiger partial charge is 0.372 e. The molecule has 0 saturated heterocycles. The second-order valence-corrected chi connectivity index (χ2v) is 2.67. The van der Waals surface area contributed by atoms with Gasteiger partial charge in [0.25, 0.3) is 0 Å². The number of halogens is 3. The number of hydroxylamine groups is 1. The average molecular weight is 230 g/mol. The lowest BCUT2D eigenvalue weighted by atomic mass is 10.5. The van der Waals surface area contributed by atoms with Crippen LogP contribution in [0.4, 0.5) is 13.2 Å². The van der Waals surface area contributed by atoms with E-state index < -0.39 is 18.7 Å². The minimum absolute atomic E-state index is 0.0353. The zero-order chi connectivity index (χ0) is 11.7. The first-order valence-corrected chi connectivity index (χ1v) is 4.19. The third-order valence-electron chi connectivity index (χ3n) is 1.15. The number of ether oxygens (including phenoxy) is 1. The molecule has 0 heterocycles. The summed E-state index contributed by atoms with van der Waals surface area (Å²) in [6.45, 7) is -1.28. The molecule has 0 aromatic heterocycles. The third kappa shape index (κ3) is 13.1. The van der Waals surface area contributed by atoms with E-state index in [9.17, 15) is 18.0 Å². The monoisotopic (exact) mass is 230 g/mol. The molecule has 0 saturated carbocycles. The molecule has 0 atom stereocenters. The minimum atomic E-state index is -4.30. The summed E-state index contributed by atoms with van der Waals surface area (Å²) >= 11 is 0. The Labute approximate surface area is 84.7 Å². The van der Waals surface area contributed by atoms with Crippen molar-refractivity contribution in [2.45, 2.75) is 12.6 Å². The van der Waals surface area contributed by atoms with Gasteiger partial charge in [0.15, 0.2) is 0 Å². The molecule has 0 fully saturated rings. The maximum absolute atomic E-state index is 11.6. The summed E-state index contributed by atoms with van der Waals surface area (Å²) in [7, 11) is 0. The number of primary amides is 1. The molecule has 15 heavy (non-hydrogen) atoms. The van der Waals surface area contributed by atoms with E-state index in [0.29, 0.717) is 6.42 Å². The van der Waals surface area contributed by atoms with E-state index in [-0.39, 0.29) is 19.8 Å². The molecule has 0 aliphatic heterocycles. The van der Waals surface area contributed by atoms with E-state index >= 15 is 0 Å². The van der Waals surface area contributed by atoms with Gasteiger partial charge in [-0.2, -0.15) is 13.2 Å². The van der Waals surface area contributed by atoms with Crippen LogP contribution in [0.2, 0.25) is 0 Å². The fraction of sp³-hybridized carbons (Fsp3) is 0.857. The van der Waals surface area contributed by atoms with Crippen molar-refractivity contribution in [2.24, 2.45) is 5.73 Å². The van der Waals surface area contributed by atoms with Crippen molar-refractivity contribution in [1.82, 2.24) is 5.48 Å². The summed E-state index contributed by atoms with van der Waals surface area (Å²) in [5, 5.41) is 0. The molecule has 1 amide bonds. The van der Waals surface area contributed by atoms with Gasteiger partial charge < -0.3 is 10.5 Å². The molecular weight excluding hydrogens is 217 g/mol. The summed E-state index contributed by atoms with van der Waals surface area (Å²) < 4.78 is 39.0. The number of carbonyl (C=O) groups is 1. The maximum atomic E-state index is 11.6. The molecule has 5 nitrogen and oxygen atoms in total. The normalized spacial score (nSPS) is 11.7. The molecule has 0 aromatic carbocycles. The van der Waals surface area contributed by atoms with Gasteiger partial charge in [0.1, 0.15) is 13.2 Å². The summed E-state index contributed by atoms with van der Waals surface area (Å²) in [4.78, 5) is 14.7. The summed E-state index contributed by atoms with van der Waals surface area (Å²) in [6.07, 6.45) is -3.95. The van der Waals surface area contributed by atoms with Crippen LogP contribution in [0.5, 0.6) is 0 Å². The molecule has 0 bridgehead atoms. The fourth-order valence-electron chi connectivity index (χ4n) is 0.629. The van der Waals surface area contributed by atoms with Crippen LogP contribution in [0.15, 0.2) is 0 Å². The van der Waals surface area contributed by atoms with Crippen LogP contribution >= 0.6 is 0 Å². The highest BCUT2D eigenvalue weighted by molar-refractivity contribution is 5.74. The lowest BCUT2D eigenvalue weighted by molar-refractivity contribution is -0.174. The first-order chi connectivity index (χ1) is 6.92. The molecule has 0 aliphatic rings. The van der Waals surface area contributed by atoms with E-state index in [1.807, 2.05) is 0 Å². The number of hydrogen-bond acceptors (Lipinski definition) is 4. The Morgan fingerprint density at radius 3 is 2.60 bits per heavy atom. The van der Waals surface area contributed by atoms with Crippen LogP contribution < -0.4 is 11.2 Å². The summed E-state index contributed by atoms with van der Waals surface area (Å²) in [5.41, 5.74) is 7.10. The largest absolute Gasteiger partial charge is 0.411 e. The first-order valence-electron chi connectivity index (χ1n) is 4.19. The van der Waals surface area contributed by atoms with Gasteiger partial charge in [-0.15, -0.1) is 0 Å². The zero-order valence-electron chi connectivity index (χ0n) is 7.97. The average Bonchev–Trinajstić information content (AvgIpc) is 2.07. The molecule has 0 rings (SSSR count). The van der Waals surface area contributed by atoms with Crippen molar-refractivity contribution >= 4 is 5.91 Å². The van der Waals surface area contributed by atoms with Crippen molar-refractivity contribution in [2.75, 3.05) is 26.4 Å². The third-order valence-corrected chi connectivity index (χ3v) is 1.15. The molecule has 0 radical (unpaired) electrons. The predicted molar refractivity (Wildman–Crippen MR) is 44.6 cm³/mol. The second kappa shape index (κ2) is 7.43. The van der Waals surface area contributed by atoms with Crippen molar-refractivity contribution in [1.29, 1.82) is 0 Å². The van der Waals surface area contributed by atoms with Crippen LogP contribution in [-0.4, -0.2) is 38.4 Å². The van der Waals surface area contributed by atoms with Gasteiger partial charge in [0.05, 0.1) is 0 Å². The number of hydrogen-bond donors (Lipinski definition) is 2. The molecule has 90 valence electrons. The van der Waals surface area contributed by atoms with E-state index in [0.717, 1.165) is 0 Å². The topological polar surface area (TPSA) is 73.6 Å². The van der Waals surface area contributed by atoms with E-state index in [2.05, 4.69) is 15.1 Å². The number of amides is 1. The Bertz CT molecular complexity index is 187. The summed E-state index contributed by atoms with van der Waals surface area (Å²) in [5.74, 6) is -0.629. The Morgan fingerprint density at radius 1 is 1.40 bits per heavy atom. The molecule has 3 N–H and O–H groups in total. The van der Waals surface area contributed by atoms with Gasteiger partial charge in [-0.1, -0.05) is 0 Å². The quantitative estimate of drug-likeness (QED) is 0.453. The van der Waals surface area contributed by atoms with E-state index in [4.69, 9.17) is 5.73 Å². The van der Waals surface area contributed by atoms with Crippen molar-refractivity contribution in [3.05, 3.63) is 0 Å². The lowest BCUT2D eigenvalue weighted by Gasteiger charge is -2.07. The highest BCUT2D eigenvalue weighted by Gasteiger charge is 2.27. The molecule has 0 spiro atoms. The van der Waals surface area contributed by atoms with Gasteiger partial charge in [0.2, 0.25) is 5.91 Å². The number of carbonyl (C=O) groups excluding carboxylic acids is 1. The number of nitrogens with one attached hydrogen (secondary N) is 1. The SMILES string of the molecule is NC(=O)CONCCCOCC(F)(F)F. The van der Waals surface area contributed by atoms with E-state index in [1.165, 1.54) is 0 Å². The van der Waals surface area contributed by atoms with Gasteiger partial charge in [0, 0.05) is 13.2 Å². The van der Waals surface area contributed by atoms with Crippen molar-refractivity contribution in [3.8, 4) is 0 Å². The van der Waals surface area contributed by atoms with Gasteiger partial charge in [-0.25, -0.2) is 5.48 Å². The Balaban J connectivity index is 3.09. The maximum Gasteiger partial charge on any atom is 0.411 e. The molecule has 8 heteroatoms. The Kier molecular flexibility index (Phi) is 7.01. The van der Waals surface area contributed by atoms with Crippen LogP contribution in [0.25, 0.3) is 0 Å². The minimum Gasteiger partial charge on any atom is -0.372 e. The predicted octanol–water partition coefficient (Wildman–Crippen LogP) is -0.0381. The highest BCUT2D eigenvalue weighted by atomic mass is 19.4. The standard InChI is InChI=1S/C7H13F3N2O3/c8-7(9,10)5-14-3-1-2-12-15-4-6(11)13/h12H,1-5H2,(H2,11,13). The molecule has 0 unspecified atom stereocenters. The van der Waals surface area contributed by atoms with Crippen molar-refractivity contribution < 1.29 is 27.5 Å².